The molecule has 73 valence electrons. The van der Waals surface area contributed by atoms with Gasteiger partial charge in [-0.3, -0.25) is 0 Å². The third-order valence-electron chi connectivity index (χ3n) is 0. The van der Waals surface area contributed by atoms with E-state index in [1.807, 2.05) is 0 Å². The van der Waals surface area contributed by atoms with Crippen molar-refractivity contribution in [1.82, 2.24) is 0 Å². The summed E-state index contributed by atoms with van der Waals surface area (Å²) in [5, 5.41) is 0. The van der Waals surface area contributed by atoms with Crippen molar-refractivity contribution in [2.45, 2.75) is 48.5 Å². The molecule has 0 aliphatic heterocycles. The molecule has 0 rings (SSSR count). The van der Waals surface area contributed by atoms with Gasteiger partial charge in [-0.1, -0.05) is 48.5 Å². The Morgan fingerprint density at radius 3 is 0.909 bits per heavy atom. The summed E-state index contributed by atoms with van der Waals surface area (Å²) in [5.41, 5.74) is 0. The molecule has 0 unspecified atom stereocenters. The van der Waals surface area contributed by atoms with Crippen molar-refractivity contribution < 1.29 is 32.7 Å². The van der Waals surface area contributed by atoms with Gasteiger partial charge in [-0.25, -0.2) is 0 Å². The minimum Gasteiger partial charge on any atom is -0.358 e. The molecule has 0 fully saturated rings. The van der Waals surface area contributed by atoms with Crippen LogP contribution in [0.3, 0.4) is 0 Å². The van der Waals surface area contributed by atoms with E-state index in [9.17, 15) is 0 Å². The van der Waals surface area contributed by atoms with Gasteiger partial charge in [0.2, 0.25) is 0 Å². The maximum atomic E-state index is 2.17. The molecule has 0 aromatic carbocycles. The molecule has 1 heteroatoms. The number of rotatable bonds is 0. The molecule has 0 saturated heterocycles. The van der Waals surface area contributed by atoms with Crippen LogP contribution in [-0.2, 0) is 32.7 Å². The van der Waals surface area contributed by atoms with Crippen molar-refractivity contribution in [1.29, 1.82) is 0 Å². The Bertz CT molecular complexity index is 16.1. The Kier molecular flexibility index (Phi) is 158. The van der Waals surface area contributed by atoms with Gasteiger partial charge in [-0.05, 0) is 5.92 Å². The summed E-state index contributed by atoms with van der Waals surface area (Å²) in [6, 6.07) is 0. The zero-order chi connectivity index (χ0) is 6.28. The van der Waals surface area contributed by atoms with Gasteiger partial charge in [-0.15, -0.1) is 0 Å². The van der Waals surface area contributed by atoms with Crippen LogP contribution in [0, 0.1) is 20.8 Å². The van der Waals surface area contributed by atoms with Crippen LogP contribution in [0.5, 0.6) is 0 Å². The summed E-state index contributed by atoms with van der Waals surface area (Å²) >= 11 is 0. The van der Waals surface area contributed by atoms with Crippen LogP contribution in [0.25, 0.3) is 0 Å². The first-order chi connectivity index (χ1) is 3.15. The second kappa shape index (κ2) is 43.5. The van der Waals surface area contributed by atoms with E-state index in [2.05, 4.69) is 34.6 Å². The fourth-order valence-electron chi connectivity index (χ4n) is 0. The normalized spacial score (nSPS) is 4.91. The molecular weight excluding hydrogens is 209 g/mol. The summed E-state index contributed by atoms with van der Waals surface area (Å²) in [5.74, 6) is 0.833. The van der Waals surface area contributed by atoms with Crippen molar-refractivity contribution in [2.24, 2.45) is 5.92 Å². The van der Waals surface area contributed by atoms with E-state index >= 15 is 0 Å². The summed E-state index contributed by atoms with van der Waals surface area (Å²) in [6.07, 6.45) is 1.25. The molecule has 0 spiro atoms. The van der Waals surface area contributed by atoms with Gasteiger partial charge < -0.3 is 14.9 Å². The SMILES string of the molecule is C.CC(C)C.CCC.[CH3-].[CH3-].[Y]. The smallest absolute Gasteiger partial charge is 0 e. The third-order valence-corrected chi connectivity index (χ3v) is 0. The molecule has 0 saturated carbocycles. The van der Waals surface area contributed by atoms with E-state index in [0.717, 1.165) is 5.92 Å². The molecule has 11 heavy (non-hydrogen) atoms. The van der Waals surface area contributed by atoms with Gasteiger partial charge in [0.15, 0.2) is 0 Å². The van der Waals surface area contributed by atoms with Crippen LogP contribution in [0.2, 0.25) is 0 Å². The predicted octanol–water partition coefficient (Wildman–Crippen LogP) is 4.61. The molecule has 0 bridgehead atoms. The molecular formula is C10H28Y-2. The molecule has 0 aliphatic rings. The molecule has 0 heterocycles. The van der Waals surface area contributed by atoms with Crippen LogP contribution in [-0.4, -0.2) is 0 Å². The summed E-state index contributed by atoms with van der Waals surface area (Å²) < 4.78 is 0. The van der Waals surface area contributed by atoms with Gasteiger partial charge in [0.25, 0.3) is 0 Å². The number of hydrogen-bond donors (Lipinski definition) is 0. The maximum Gasteiger partial charge on any atom is 0 e. The summed E-state index contributed by atoms with van der Waals surface area (Å²) in [7, 11) is 0. The first-order valence-electron chi connectivity index (χ1n) is 3.15. The fraction of sp³-hybridized carbons (Fsp3) is 0.800. The van der Waals surface area contributed by atoms with Crippen LogP contribution in [0.4, 0.5) is 0 Å². The first-order valence-corrected chi connectivity index (χ1v) is 3.15. The number of hydrogen-bond acceptors (Lipinski definition) is 0. The van der Waals surface area contributed by atoms with Crippen LogP contribution in [0.1, 0.15) is 48.5 Å². The molecule has 1 radical (unpaired) electrons. The topological polar surface area (TPSA) is 0 Å². The molecule has 0 aromatic heterocycles. The molecule has 0 amide bonds. The Labute approximate surface area is 101 Å². The minimum atomic E-state index is 0. The Morgan fingerprint density at radius 1 is 0.909 bits per heavy atom. The second-order valence-electron chi connectivity index (χ2n) is 2.44. The minimum absolute atomic E-state index is 0. The average Bonchev–Trinajstić information content (AvgIpc) is 1.33. The van der Waals surface area contributed by atoms with Crippen molar-refractivity contribution >= 4 is 0 Å². The first kappa shape index (κ1) is 40.1. The van der Waals surface area contributed by atoms with Crippen molar-refractivity contribution in [3.63, 3.8) is 0 Å². The molecule has 0 aliphatic carbocycles. The van der Waals surface area contributed by atoms with Crippen LogP contribution < -0.4 is 0 Å². The van der Waals surface area contributed by atoms with E-state index in [4.69, 9.17) is 0 Å². The van der Waals surface area contributed by atoms with Gasteiger partial charge >= 0.3 is 0 Å². The zero-order valence-electron chi connectivity index (χ0n) is 8.86. The van der Waals surface area contributed by atoms with Crippen molar-refractivity contribution in [3.8, 4) is 0 Å². The Balaban J connectivity index is -0.00000000848. The van der Waals surface area contributed by atoms with E-state index < -0.39 is 0 Å². The molecule has 0 aromatic rings. The van der Waals surface area contributed by atoms with Gasteiger partial charge in [-0.2, -0.15) is 0 Å². The monoisotopic (exact) mass is 237 g/mol. The Hall–Kier alpha value is 1.10. The quantitative estimate of drug-likeness (QED) is 0.539. The van der Waals surface area contributed by atoms with Crippen LogP contribution >= 0.6 is 0 Å². The molecule has 0 nitrogen and oxygen atoms in total. The summed E-state index contributed by atoms with van der Waals surface area (Å²) in [4.78, 5) is 0. The average molecular weight is 237 g/mol. The van der Waals surface area contributed by atoms with Crippen molar-refractivity contribution in [2.75, 3.05) is 0 Å². The standard InChI is InChI=1S/C4H10.C3H8.CH4.2CH3.Y/c1-4(2)3;1-3-2;;;;/h4H,1-3H3;3H2,1-2H3;1H4;2*1H3;/q;;;2*-1;. The van der Waals surface area contributed by atoms with E-state index in [-0.39, 0.29) is 55.0 Å². The van der Waals surface area contributed by atoms with E-state index in [0.29, 0.717) is 0 Å². The fourth-order valence-corrected chi connectivity index (χ4v) is 0. The third kappa shape index (κ3) is 755. The predicted molar refractivity (Wildman–Crippen MR) is 56.0 cm³/mol. The molecule has 0 N–H and O–H groups in total. The second-order valence-corrected chi connectivity index (χ2v) is 2.44. The van der Waals surface area contributed by atoms with Gasteiger partial charge in [0.05, 0.1) is 0 Å². The summed E-state index contributed by atoms with van der Waals surface area (Å²) in [6.45, 7) is 10.8. The maximum absolute atomic E-state index is 2.17. The largest absolute Gasteiger partial charge is 0.358 e. The molecule has 0 atom stereocenters. The zero-order valence-corrected chi connectivity index (χ0v) is 11.7. The van der Waals surface area contributed by atoms with Gasteiger partial charge in [0, 0.05) is 32.7 Å². The van der Waals surface area contributed by atoms with E-state index in [1.165, 1.54) is 6.42 Å². The van der Waals surface area contributed by atoms with Crippen LogP contribution in [0.15, 0.2) is 0 Å². The van der Waals surface area contributed by atoms with Gasteiger partial charge in [0.1, 0.15) is 0 Å². The van der Waals surface area contributed by atoms with E-state index in [1.54, 1.807) is 0 Å². The van der Waals surface area contributed by atoms with Crippen molar-refractivity contribution in [3.05, 3.63) is 14.9 Å². The Morgan fingerprint density at radius 2 is 0.909 bits per heavy atom.